The van der Waals surface area contributed by atoms with Crippen molar-refractivity contribution in [2.45, 2.75) is 40.2 Å². The highest BCUT2D eigenvalue weighted by Gasteiger charge is 2.22. The molecule has 23 heavy (non-hydrogen) atoms. The van der Waals surface area contributed by atoms with Gasteiger partial charge in [0.25, 0.3) is 0 Å². The topological polar surface area (TPSA) is 97.1 Å². The van der Waals surface area contributed by atoms with Gasteiger partial charge in [0.15, 0.2) is 5.69 Å². The van der Waals surface area contributed by atoms with E-state index in [-0.39, 0.29) is 24.1 Å². The van der Waals surface area contributed by atoms with E-state index < -0.39 is 5.97 Å². The number of carbonyl (C=O) groups is 2. The first-order valence-corrected chi connectivity index (χ1v) is 7.33. The van der Waals surface area contributed by atoms with Crippen LogP contribution in [-0.4, -0.2) is 32.0 Å². The zero-order chi connectivity index (χ0) is 17.1. The fourth-order valence-corrected chi connectivity index (χ4v) is 2.32. The summed E-state index contributed by atoms with van der Waals surface area (Å²) in [5, 5.41) is 19.4. The van der Waals surface area contributed by atoms with Crippen molar-refractivity contribution >= 4 is 17.6 Å². The summed E-state index contributed by atoms with van der Waals surface area (Å²) >= 11 is 0. The molecular formula is C16H20N4O3. The Morgan fingerprint density at radius 3 is 2.52 bits per heavy atom. The van der Waals surface area contributed by atoms with Crippen LogP contribution in [-0.2, 0) is 11.3 Å². The predicted octanol–water partition coefficient (Wildman–Crippen LogP) is 2.36. The molecule has 0 saturated heterocycles. The molecule has 1 amide bonds. The van der Waals surface area contributed by atoms with E-state index in [2.05, 4.69) is 15.6 Å². The van der Waals surface area contributed by atoms with Crippen molar-refractivity contribution in [3.8, 4) is 0 Å². The molecule has 0 aliphatic heterocycles. The van der Waals surface area contributed by atoms with Gasteiger partial charge in [-0.15, -0.1) is 5.10 Å². The average Bonchev–Trinajstić information content (AvgIpc) is 2.86. The predicted molar refractivity (Wildman–Crippen MR) is 85.6 cm³/mol. The summed E-state index contributed by atoms with van der Waals surface area (Å²) in [5.41, 5.74) is 3.25. The van der Waals surface area contributed by atoms with Gasteiger partial charge in [0.1, 0.15) is 6.54 Å². The monoisotopic (exact) mass is 316 g/mol. The van der Waals surface area contributed by atoms with E-state index in [0.29, 0.717) is 11.4 Å². The van der Waals surface area contributed by atoms with Crippen LogP contribution in [0.15, 0.2) is 18.2 Å². The molecule has 0 radical (unpaired) electrons. The Labute approximate surface area is 134 Å². The molecular weight excluding hydrogens is 296 g/mol. The SMILES string of the molecule is Cc1ccc(NC(=O)Cn2nnc(C(=O)O)c2C(C)C)cc1C. The molecule has 0 spiro atoms. The first kappa shape index (κ1) is 16.7. The Hall–Kier alpha value is -2.70. The van der Waals surface area contributed by atoms with E-state index in [1.807, 2.05) is 45.9 Å². The van der Waals surface area contributed by atoms with Gasteiger partial charge in [0.2, 0.25) is 5.91 Å². The second-order valence-electron chi connectivity index (χ2n) is 5.79. The lowest BCUT2D eigenvalue weighted by Gasteiger charge is -2.11. The van der Waals surface area contributed by atoms with Gasteiger partial charge in [-0.3, -0.25) is 4.79 Å². The fourth-order valence-electron chi connectivity index (χ4n) is 2.32. The number of carbonyl (C=O) groups excluding carboxylic acids is 1. The fraction of sp³-hybridized carbons (Fsp3) is 0.375. The number of hydrogen-bond donors (Lipinski definition) is 2. The first-order chi connectivity index (χ1) is 10.8. The molecule has 122 valence electrons. The Bertz CT molecular complexity index is 750. The molecule has 7 nitrogen and oxygen atoms in total. The van der Waals surface area contributed by atoms with Crippen molar-refractivity contribution in [2.75, 3.05) is 5.32 Å². The number of benzene rings is 1. The molecule has 1 aromatic heterocycles. The molecule has 0 aliphatic carbocycles. The summed E-state index contributed by atoms with van der Waals surface area (Å²) in [6, 6.07) is 5.65. The number of nitrogens with one attached hydrogen (secondary N) is 1. The zero-order valence-electron chi connectivity index (χ0n) is 13.6. The molecule has 0 bridgehead atoms. The molecule has 0 fully saturated rings. The number of carboxylic acid groups (broad SMARTS) is 1. The number of amides is 1. The summed E-state index contributed by atoms with van der Waals surface area (Å²) < 4.78 is 1.34. The van der Waals surface area contributed by atoms with Crippen molar-refractivity contribution < 1.29 is 14.7 Å². The van der Waals surface area contributed by atoms with Crippen LogP contribution in [0.5, 0.6) is 0 Å². The highest BCUT2D eigenvalue weighted by molar-refractivity contribution is 5.91. The van der Waals surface area contributed by atoms with Crippen molar-refractivity contribution in [3.05, 3.63) is 40.7 Å². The lowest BCUT2D eigenvalue weighted by atomic mass is 10.1. The van der Waals surface area contributed by atoms with Crippen LogP contribution in [0.2, 0.25) is 0 Å². The van der Waals surface area contributed by atoms with Crippen molar-refractivity contribution in [3.63, 3.8) is 0 Å². The first-order valence-electron chi connectivity index (χ1n) is 7.33. The van der Waals surface area contributed by atoms with E-state index in [1.165, 1.54) is 4.68 Å². The molecule has 1 heterocycles. The minimum Gasteiger partial charge on any atom is -0.476 e. The smallest absolute Gasteiger partial charge is 0.358 e. The summed E-state index contributed by atoms with van der Waals surface area (Å²) in [7, 11) is 0. The summed E-state index contributed by atoms with van der Waals surface area (Å²) in [4.78, 5) is 23.4. The maximum absolute atomic E-state index is 12.2. The third-order valence-electron chi connectivity index (χ3n) is 3.61. The summed E-state index contributed by atoms with van der Waals surface area (Å²) in [6.07, 6.45) is 0. The normalized spacial score (nSPS) is 10.8. The number of hydrogen-bond acceptors (Lipinski definition) is 4. The Balaban J connectivity index is 2.17. The largest absolute Gasteiger partial charge is 0.476 e. The quantitative estimate of drug-likeness (QED) is 0.882. The number of rotatable bonds is 5. The molecule has 0 aliphatic rings. The van der Waals surface area contributed by atoms with Crippen LogP contribution >= 0.6 is 0 Å². The molecule has 2 rings (SSSR count). The maximum Gasteiger partial charge on any atom is 0.358 e. The lowest BCUT2D eigenvalue weighted by Crippen LogP contribution is -2.22. The van der Waals surface area contributed by atoms with E-state index in [0.717, 1.165) is 11.1 Å². The third kappa shape index (κ3) is 3.74. The number of aryl methyl sites for hydroxylation is 2. The number of aromatic carboxylic acids is 1. The van der Waals surface area contributed by atoms with Gasteiger partial charge < -0.3 is 10.4 Å². The highest BCUT2D eigenvalue weighted by Crippen LogP contribution is 2.18. The zero-order valence-corrected chi connectivity index (χ0v) is 13.6. The van der Waals surface area contributed by atoms with Crippen LogP contribution in [0.4, 0.5) is 5.69 Å². The van der Waals surface area contributed by atoms with Crippen molar-refractivity contribution in [1.82, 2.24) is 15.0 Å². The van der Waals surface area contributed by atoms with E-state index in [4.69, 9.17) is 5.11 Å². The van der Waals surface area contributed by atoms with Crippen LogP contribution in [0.3, 0.4) is 0 Å². The second-order valence-corrected chi connectivity index (χ2v) is 5.79. The Kier molecular flexibility index (Phi) is 4.78. The summed E-state index contributed by atoms with van der Waals surface area (Å²) in [6.45, 7) is 7.56. The Morgan fingerprint density at radius 2 is 1.96 bits per heavy atom. The molecule has 0 unspecified atom stereocenters. The summed E-state index contributed by atoms with van der Waals surface area (Å²) in [5.74, 6) is -1.53. The average molecular weight is 316 g/mol. The minimum atomic E-state index is -1.14. The van der Waals surface area contributed by atoms with E-state index in [1.54, 1.807) is 0 Å². The van der Waals surface area contributed by atoms with Gasteiger partial charge in [0, 0.05) is 5.69 Å². The van der Waals surface area contributed by atoms with Gasteiger partial charge in [-0.1, -0.05) is 25.1 Å². The maximum atomic E-state index is 12.2. The number of aromatic nitrogens is 3. The lowest BCUT2D eigenvalue weighted by molar-refractivity contribution is -0.117. The van der Waals surface area contributed by atoms with E-state index >= 15 is 0 Å². The minimum absolute atomic E-state index is 0.0826. The molecule has 7 heteroatoms. The van der Waals surface area contributed by atoms with Crippen molar-refractivity contribution in [1.29, 1.82) is 0 Å². The van der Waals surface area contributed by atoms with Gasteiger partial charge in [-0.05, 0) is 43.0 Å². The molecule has 1 aromatic carbocycles. The van der Waals surface area contributed by atoms with Crippen LogP contribution < -0.4 is 5.32 Å². The van der Waals surface area contributed by atoms with Crippen LogP contribution in [0.25, 0.3) is 0 Å². The molecule has 2 aromatic rings. The van der Waals surface area contributed by atoms with Crippen LogP contribution in [0.1, 0.15) is 47.1 Å². The number of nitrogens with zero attached hydrogens (tertiary/aromatic N) is 3. The van der Waals surface area contributed by atoms with Gasteiger partial charge in [-0.25, -0.2) is 9.48 Å². The van der Waals surface area contributed by atoms with Gasteiger partial charge >= 0.3 is 5.97 Å². The molecule has 0 saturated carbocycles. The van der Waals surface area contributed by atoms with Crippen molar-refractivity contribution in [2.24, 2.45) is 0 Å². The second kappa shape index (κ2) is 6.60. The number of carboxylic acids is 1. The molecule has 0 atom stereocenters. The van der Waals surface area contributed by atoms with Gasteiger partial charge in [-0.2, -0.15) is 0 Å². The third-order valence-corrected chi connectivity index (χ3v) is 3.61. The molecule has 2 N–H and O–H groups in total. The number of anilines is 1. The van der Waals surface area contributed by atoms with E-state index in [9.17, 15) is 9.59 Å². The van der Waals surface area contributed by atoms with Crippen LogP contribution in [0, 0.1) is 13.8 Å². The standard InChI is InChI=1S/C16H20N4O3/c1-9(2)15-14(16(22)23)18-19-20(15)8-13(21)17-12-6-5-10(3)11(4)7-12/h5-7,9H,8H2,1-4H3,(H,17,21)(H,22,23). The van der Waals surface area contributed by atoms with Gasteiger partial charge in [0.05, 0.1) is 5.69 Å². The highest BCUT2D eigenvalue weighted by atomic mass is 16.4. The Morgan fingerprint density at radius 1 is 1.26 bits per heavy atom.